The Bertz CT molecular complexity index is 1140. The van der Waals surface area contributed by atoms with Gasteiger partial charge in [-0.3, -0.25) is 0 Å². The molecule has 2 aromatic carbocycles. The number of hydrogen-bond donors (Lipinski definition) is 0. The molecule has 3 aromatic rings. The number of carbonyl (C=O) groups excluding carboxylic acids is 1. The van der Waals surface area contributed by atoms with Crippen LogP contribution in [0.1, 0.15) is 11.1 Å². The molecule has 142 valence electrons. The lowest BCUT2D eigenvalue weighted by molar-refractivity contribution is -0.297. The summed E-state index contributed by atoms with van der Waals surface area (Å²) in [6.45, 7) is 0. The van der Waals surface area contributed by atoms with Crippen molar-refractivity contribution in [3.05, 3.63) is 102 Å². The van der Waals surface area contributed by atoms with Crippen LogP contribution in [0.25, 0.3) is 17.3 Å². The molecule has 4 rings (SSSR count). The van der Waals surface area contributed by atoms with Crippen LogP contribution in [0.5, 0.6) is 5.95 Å². The number of allylic oxidation sites excluding steroid dienone is 4. The fourth-order valence-corrected chi connectivity index (χ4v) is 2.83. The van der Waals surface area contributed by atoms with Gasteiger partial charge in [-0.1, -0.05) is 90.1 Å². The lowest BCUT2D eigenvalue weighted by Gasteiger charge is -1.99. The van der Waals surface area contributed by atoms with Gasteiger partial charge in [0.05, 0.1) is 17.2 Å². The third kappa shape index (κ3) is 3.91. The van der Waals surface area contributed by atoms with Crippen molar-refractivity contribution in [3.63, 3.8) is 0 Å². The molecular weight excluding hydrogens is 368 g/mol. The van der Waals surface area contributed by atoms with Gasteiger partial charge in [-0.25, -0.2) is 4.79 Å². The zero-order valence-electron chi connectivity index (χ0n) is 15.2. The van der Waals surface area contributed by atoms with E-state index in [1.165, 1.54) is 0 Å². The molecule has 6 nitrogen and oxygen atoms in total. The lowest BCUT2D eigenvalue weighted by Crippen LogP contribution is -2.06. The van der Waals surface area contributed by atoms with Crippen LogP contribution in [0.15, 0.2) is 100 Å². The zero-order chi connectivity index (χ0) is 20.1. The molecule has 0 N–H and O–H groups in total. The first-order chi connectivity index (χ1) is 14.2. The van der Waals surface area contributed by atoms with E-state index in [0.717, 1.165) is 11.1 Å². The number of rotatable bonds is 5. The SMILES string of the molecule is O=C1ON=C(c2ccccc2)/C1=C/C=C/C=C/c1c(-c2ccccc2)noc1[O-]. The quantitative estimate of drug-likeness (QED) is 0.379. The van der Waals surface area contributed by atoms with Gasteiger partial charge in [0, 0.05) is 16.7 Å². The molecule has 0 unspecified atom stereocenters. The maximum absolute atomic E-state index is 11.9. The van der Waals surface area contributed by atoms with E-state index in [2.05, 4.69) is 10.3 Å². The molecule has 1 aliphatic rings. The van der Waals surface area contributed by atoms with E-state index < -0.39 is 11.9 Å². The molecule has 0 amide bonds. The summed E-state index contributed by atoms with van der Waals surface area (Å²) < 4.78 is 4.80. The van der Waals surface area contributed by atoms with E-state index in [1.807, 2.05) is 60.7 Å². The van der Waals surface area contributed by atoms with Gasteiger partial charge >= 0.3 is 5.97 Å². The molecule has 0 bridgehead atoms. The van der Waals surface area contributed by atoms with Crippen molar-refractivity contribution in [2.45, 2.75) is 0 Å². The fourth-order valence-electron chi connectivity index (χ4n) is 2.83. The first-order valence-electron chi connectivity index (χ1n) is 8.86. The predicted octanol–water partition coefficient (Wildman–Crippen LogP) is 3.87. The van der Waals surface area contributed by atoms with Crippen LogP contribution in [0.3, 0.4) is 0 Å². The van der Waals surface area contributed by atoms with E-state index in [4.69, 9.17) is 9.36 Å². The summed E-state index contributed by atoms with van der Waals surface area (Å²) in [6.07, 6.45) is 8.29. The fraction of sp³-hybridized carbons (Fsp3) is 0. The number of benzene rings is 2. The molecule has 0 saturated heterocycles. The summed E-state index contributed by atoms with van der Waals surface area (Å²) in [5, 5.41) is 19.6. The molecule has 0 radical (unpaired) electrons. The Kier molecular flexibility index (Phi) is 5.16. The molecule has 1 aromatic heterocycles. The van der Waals surface area contributed by atoms with Crippen molar-refractivity contribution in [3.8, 4) is 17.2 Å². The maximum atomic E-state index is 11.9. The smallest absolute Gasteiger partial charge is 0.368 e. The van der Waals surface area contributed by atoms with Gasteiger partial charge in [-0.05, 0) is 6.08 Å². The van der Waals surface area contributed by atoms with Crippen LogP contribution in [0, 0.1) is 0 Å². The van der Waals surface area contributed by atoms with Gasteiger partial charge in [-0.15, -0.1) is 0 Å². The molecule has 0 spiro atoms. The summed E-state index contributed by atoms with van der Waals surface area (Å²) in [4.78, 5) is 16.7. The highest BCUT2D eigenvalue weighted by Gasteiger charge is 2.25. The van der Waals surface area contributed by atoms with Crippen molar-refractivity contribution in [2.24, 2.45) is 5.16 Å². The number of nitrogens with zero attached hydrogens (tertiary/aromatic N) is 2. The van der Waals surface area contributed by atoms with Gasteiger partial charge in [0.2, 0.25) is 0 Å². The summed E-state index contributed by atoms with van der Waals surface area (Å²) >= 11 is 0. The topological polar surface area (TPSA) is 87.8 Å². The first kappa shape index (κ1) is 18.2. The lowest BCUT2D eigenvalue weighted by atomic mass is 10.0. The zero-order valence-corrected chi connectivity index (χ0v) is 15.2. The Morgan fingerprint density at radius 1 is 0.862 bits per heavy atom. The number of hydrogen-bond acceptors (Lipinski definition) is 6. The van der Waals surface area contributed by atoms with Crippen molar-refractivity contribution in [1.82, 2.24) is 5.16 Å². The second-order valence-corrected chi connectivity index (χ2v) is 6.11. The van der Waals surface area contributed by atoms with E-state index in [-0.39, 0.29) is 0 Å². The van der Waals surface area contributed by atoms with Crippen molar-refractivity contribution in [2.75, 3.05) is 0 Å². The molecule has 0 saturated carbocycles. The molecule has 0 aliphatic carbocycles. The minimum absolute atomic E-state index is 0.361. The maximum Gasteiger partial charge on any atom is 0.368 e. The van der Waals surface area contributed by atoms with Crippen molar-refractivity contribution in [1.29, 1.82) is 0 Å². The summed E-state index contributed by atoms with van der Waals surface area (Å²) in [6, 6.07) is 18.6. The van der Waals surface area contributed by atoms with Crippen LogP contribution >= 0.6 is 0 Å². The van der Waals surface area contributed by atoms with Crippen LogP contribution in [-0.2, 0) is 9.63 Å². The Morgan fingerprint density at radius 3 is 2.28 bits per heavy atom. The molecule has 6 heteroatoms. The Balaban J connectivity index is 1.53. The van der Waals surface area contributed by atoms with E-state index in [9.17, 15) is 9.90 Å². The standard InChI is InChI=1S/C23H16N2O4/c26-22-18(20(24-28-22)16-10-4-1-5-11-16)14-8-3-9-15-19-21(25-29-23(19)27)17-12-6-2-7-13-17/h1-15,26H/p-1/b9-3+,14-8+,19-15-. The van der Waals surface area contributed by atoms with Crippen LogP contribution in [-0.4, -0.2) is 16.8 Å². The van der Waals surface area contributed by atoms with Crippen molar-refractivity contribution < 1.29 is 19.3 Å². The van der Waals surface area contributed by atoms with Gasteiger partial charge in [-0.2, -0.15) is 5.16 Å². The highest BCUT2D eigenvalue weighted by atomic mass is 16.7. The Morgan fingerprint density at radius 2 is 1.55 bits per heavy atom. The predicted molar refractivity (Wildman–Crippen MR) is 107 cm³/mol. The molecule has 29 heavy (non-hydrogen) atoms. The van der Waals surface area contributed by atoms with Crippen LogP contribution < -0.4 is 5.11 Å². The summed E-state index contributed by atoms with van der Waals surface area (Å²) in [5.41, 5.74) is 3.27. The van der Waals surface area contributed by atoms with Gasteiger partial charge < -0.3 is 14.5 Å². The number of aromatic nitrogens is 1. The number of carbonyl (C=O) groups is 1. The van der Waals surface area contributed by atoms with Crippen LogP contribution in [0.4, 0.5) is 0 Å². The second-order valence-electron chi connectivity index (χ2n) is 6.11. The van der Waals surface area contributed by atoms with E-state index >= 15 is 0 Å². The molecular formula is C23H15N2O4-. The van der Waals surface area contributed by atoms with Gasteiger partial charge in [0.1, 0.15) is 5.71 Å². The normalized spacial score (nSPS) is 15.4. The van der Waals surface area contributed by atoms with E-state index in [1.54, 1.807) is 30.4 Å². The molecule has 0 atom stereocenters. The highest BCUT2D eigenvalue weighted by Crippen LogP contribution is 2.29. The second kappa shape index (κ2) is 8.22. The largest absolute Gasteiger partial charge is 0.544 e. The molecule has 1 aliphatic heterocycles. The van der Waals surface area contributed by atoms with E-state index in [0.29, 0.717) is 22.5 Å². The highest BCUT2D eigenvalue weighted by molar-refractivity contribution is 6.28. The minimum atomic E-state index is -0.510. The third-order valence-corrected chi connectivity index (χ3v) is 4.23. The average molecular weight is 383 g/mol. The number of oxime groups is 1. The van der Waals surface area contributed by atoms with Crippen molar-refractivity contribution >= 4 is 17.8 Å². The van der Waals surface area contributed by atoms with Crippen LogP contribution in [0.2, 0.25) is 0 Å². The average Bonchev–Trinajstić information content (AvgIpc) is 3.32. The minimum Gasteiger partial charge on any atom is -0.544 e. The molecule has 2 heterocycles. The third-order valence-electron chi connectivity index (χ3n) is 4.23. The monoisotopic (exact) mass is 383 g/mol. The molecule has 0 fully saturated rings. The first-order valence-corrected chi connectivity index (χ1v) is 8.86. The summed E-state index contributed by atoms with van der Waals surface area (Å²) in [7, 11) is 0. The van der Waals surface area contributed by atoms with Gasteiger partial charge in [0.25, 0.3) is 0 Å². The Hall–Kier alpha value is -4.19. The summed E-state index contributed by atoms with van der Waals surface area (Å²) in [5.74, 6) is -1.02. The Labute approximate surface area is 166 Å². The van der Waals surface area contributed by atoms with Gasteiger partial charge in [0.15, 0.2) is 0 Å².